The van der Waals surface area contributed by atoms with Crippen LogP contribution in [0.3, 0.4) is 0 Å². The number of nitrogens with two attached hydrogens (primary N) is 1. The molecule has 90 valence electrons. The molecule has 6 heteroatoms. The van der Waals surface area contributed by atoms with Gasteiger partial charge >= 0.3 is 0 Å². The topological polar surface area (TPSA) is 79.5 Å². The molecule has 0 amide bonds. The third kappa shape index (κ3) is 4.52. The summed E-state index contributed by atoms with van der Waals surface area (Å²) in [6.45, 7) is 2.37. The van der Waals surface area contributed by atoms with Gasteiger partial charge in [0.15, 0.2) is 0 Å². The van der Waals surface area contributed by atoms with Crippen molar-refractivity contribution in [3.63, 3.8) is 0 Å². The van der Waals surface area contributed by atoms with Gasteiger partial charge < -0.3 is 19.9 Å². The van der Waals surface area contributed by atoms with Gasteiger partial charge in [-0.05, 0) is 0 Å². The molecule has 6 nitrogen and oxygen atoms in total. The first-order valence-electron chi connectivity index (χ1n) is 5.08. The normalized spacial score (nSPS) is 10.4. The number of methoxy groups -OCH3 is 1. The standard InChI is InChI=1S/C10H17N3O3/c1-14-4-5-15-6-7-16-10-9(8-11)12-2-3-13-10/h2-3H,4-8,11H2,1H3. The quantitative estimate of drug-likeness (QED) is 0.629. The predicted molar refractivity (Wildman–Crippen MR) is 58.1 cm³/mol. The summed E-state index contributed by atoms with van der Waals surface area (Å²) >= 11 is 0. The van der Waals surface area contributed by atoms with Crippen LogP contribution in [0, 0.1) is 0 Å². The SMILES string of the molecule is COCCOCCOc1nccnc1CN. The van der Waals surface area contributed by atoms with Crippen LogP contribution in [0.4, 0.5) is 0 Å². The molecule has 0 spiro atoms. The first-order chi connectivity index (χ1) is 7.88. The van der Waals surface area contributed by atoms with Gasteiger partial charge in [-0.3, -0.25) is 4.98 Å². The van der Waals surface area contributed by atoms with Crippen LogP contribution >= 0.6 is 0 Å². The van der Waals surface area contributed by atoms with Gasteiger partial charge in [-0.1, -0.05) is 0 Å². The zero-order chi connectivity index (χ0) is 11.6. The Balaban J connectivity index is 2.21. The van der Waals surface area contributed by atoms with Crippen LogP contribution in [-0.4, -0.2) is 43.5 Å². The number of hydrogen-bond donors (Lipinski definition) is 1. The van der Waals surface area contributed by atoms with Crippen LogP contribution in [0.5, 0.6) is 5.88 Å². The van der Waals surface area contributed by atoms with E-state index in [1.807, 2.05) is 0 Å². The van der Waals surface area contributed by atoms with E-state index in [1.54, 1.807) is 19.5 Å². The van der Waals surface area contributed by atoms with Gasteiger partial charge in [0.25, 0.3) is 0 Å². The molecule has 0 unspecified atom stereocenters. The maximum Gasteiger partial charge on any atom is 0.237 e. The van der Waals surface area contributed by atoms with Gasteiger partial charge in [0.05, 0.1) is 19.8 Å². The van der Waals surface area contributed by atoms with Gasteiger partial charge in [0.1, 0.15) is 12.3 Å². The van der Waals surface area contributed by atoms with Crippen molar-refractivity contribution < 1.29 is 14.2 Å². The van der Waals surface area contributed by atoms with E-state index in [1.165, 1.54) is 0 Å². The largest absolute Gasteiger partial charge is 0.474 e. The molecule has 0 aromatic carbocycles. The summed E-state index contributed by atoms with van der Waals surface area (Å²) < 4.78 is 15.5. The van der Waals surface area contributed by atoms with E-state index < -0.39 is 0 Å². The first-order valence-corrected chi connectivity index (χ1v) is 5.08. The van der Waals surface area contributed by atoms with Gasteiger partial charge in [-0.2, -0.15) is 0 Å². The summed E-state index contributed by atoms with van der Waals surface area (Å²) in [6, 6.07) is 0. The van der Waals surface area contributed by atoms with Crippen molar-refractivity contribution in [2.75, 3.05) is 33.5 Å². The van der Waals surface area contributed by atoms with Crippen molar-refractivity contribution in [2.45, 2.75) is 6.54 Å². The number of rotatable bonds is 8. The van der Waals surface area contributed by atoms with Gasteiger partial charge in [0.2, 0.25) is 5.88 Å². The van der Waals surface area contributed by atoms with Gasteiger partial charge in [-0.15, -0.1) is 0 Å². The summed E-state index contributed by atoms with van der Waals surface area (Å²) in [6.07, 6.45) is 3.16. The lowest BCUT2D eigenvalue weighted by Gasteiger charge is -2.08. The predicted octanol–water partition coefficient (Wildman–Crippen LogP) is -0.0229. The van der Waals surface area contributed by atoms with Crippen molar-refractivity contribution in [1.29, 1.82) is 0 Å². The third-order valence-electron chi connectivity index (χ3n) is 1.83. The molecule has 16 heavy (non-hydrogen) atoms. The second kappa shape index (κ2) is 7.98. The molecule has 1 rings (SSSR count). The summed E-state index contributed by atoms with van der Waals surface area (Å²) in [5, 5.41) is 0. The molecule has 0 saturated carbocycles. The van der Waals surface area contributed by atoms with E-state index in [-0.39, 0.29) is 0 Å². The highest BCUT2D eigenvalue weighted by atomic mass is 16.5. The molecule has 0 aliphatic carbocycles. The van der Waals surface area contributed by atoms with Crippen LogP contribution < -0.4 is 10.5 Å². The van der Waals surface area contributed by atoms with Crippen molar-refractivity contribution >= 4 is 0 Å². The number of hydrogen-bond acceptors (Lipinski definition) is 6. The molecule has 1 aromatic heterocycles. The van der Waals surface area contributed by atoms with Gasteiger partial charge in [0, 0.05) is 26.0 Å². The van der Waals surface area contributed by atoms with E-state index in [0.717, 1.165) is 0 Å². The smallest absolute Gasteiger partial charge is 0.237 e. The zero-order valence-electron chi connectivity index (χ0n) is 9.39. The van der Waals surface area contributed by atoms with E-state index in [0.29, 0.717) is 44.5 Å². The molecule has 0 aliphatic heterocycles. The Morgan fingerprint density at radius 1 is 1.12 bits per heavy atom. The molecule has 0 bridgehead atoms. The zero-order valence-corrected chi connectivity index (χ0v) is 9.39. The second-order valence-electron chi connectivity index (χ2n) is 2.97. The van der Waals surface area contributed by atoms with Gasteiger partial charge in [-0.25, -0.2) is 4.98 Å². The Hall–Kier alpha value is -1.24. The lowest BCUT2D eigenvalue weighted by molar-refractivity contribution is 0.0534. The Labute approximate surface area is 94.7 Å². The third-order valence-corrected chi connectivity index (χ3v) is 1.83. The first kappa shape index (κ1) is 12.8. The summed E-state index contributed by atoms with van der Waals surface area (Å²) in [5.74, 6) is 0.473. The molecule has 0 atom stereocenters. The van der Waals surface area contributed by atoms with Crippen LogP contribution in [0.25, 0.3) is 0 Å². The Morgan fingerprint density at radius 3 is 2.62 bits per heavy atom. The molecule has 0 aliphatic rings. The Kier molecular flexibility index (Phi) is 6.39. The highest BCUT2D eigenvalue weighted by molar-refractivity contribution is 5.16. The summed E-state index contributed by atoms with van der Waals surface area (Å²) in [5.41, 5.74) is 6.14. The fourth-order valence-electron chi connectivity index (χ4n) is 1.06. The van der Waals surface area contributed by atoms with E-state index in [9.17, 15) is 0 Å². The van der Waals surface area contributed by atoms with Crippen molar-refractivity contribution in [2.24, 2.45) is 5.73 Å². The Bertz CT molecular complexity index is 296. The highest BCUT2D eigenvalue weighted by Crippen LogP contribution is 2.09. The van der Waals surface area contributed by atoms with Crippen LogP contribution in [0.2, 0.25) is 0 Å². The fraction of sp³-hybridized carbons (Fsp3) is 0.600. The molecule has 1 heterocycles. The van der Waals surface area contributed by atoms with Crippen LogP contribution in [0.15, 0.2) is 12.4 Å². The number of ether oxygens (including phenoxy) is 3. The average Bonchev–Trinajstić information content (AvgIpc) is 2.34. The minimum absolute atomic E-state index is 0.313. The number of nitrogens with zero attached hydrogens (tertiary/aromatic N) is 2. The fourth-order valence-corrected chi connectivity index (χ4v) is 1.06. The lowest BCUT2D eigenvalue weighted by Crippen LogP contribution is -2.12. The average molecular weight is 227 g/mol. The second-order valence-corrected chi connectivity index (χ2v) is 2.97. The molecule has 0 fully saturated rings. The van der Waals surface area contributed by atoms with Crippen molar-refractivity contribution in [3.05, 3.63) is 18.1 Å². The lowest BCUT2D eigenvalue weighted by atomic mass is 10.4. The van der Waals surface area contributed by atoms with Crippen molar-refractivity contribution in [3.8, 4) is 5.88 Å². The van der Waals surface area contributed by atoms with E-state index >= 15 is 0 Å². The number of aromatic nitrogens is 2. The molecule has 1 aromatic rings. The maximum absolute atomic E-state index is 5.49. The van der Waals surface area contributed by atoms with E-state index in [2.05, 4.69) is 9.97 Å². The summed E-state index contributed by atoms with van der Waals surface area (Å²) in [7, 11) is 1.63. The molecule has 0 radical (unpaired) electrons. The van der Waals surface area contributed by atoms with E-state index in [4.69, 9.17) is 19.9 Å². The molecular formula is C10H17N3O3. The van der Waals surface area contributed by atoms with Crippen LogP contribution in [-0.2, 0) is 16.0 Å². The molecule has 0 saturated heterocycles. The monoisotopic (exact) mass is 227 g/mol. The van der Waals surface area contributed by atoms with Crippen LogP contribution in [0.1, 0.15) is 5.69 Å². The summed E-state index contributed by atoms with van der Waals surface area (Å²) in [4.78, 5) is 8.09. The molecular weight excluding hydrogens is 210 g/mol. The maximum atomic E-state index is 5.49. The minimum Gasteiger partial charge on any atom is -0.474 e. The minimum atomic E-state index is 0.313. The van der Waals surface area contributed by atoms with Crippen molar-refractivity contribution in [1.82, 2.24) is 9.97 Å². The Morgan fingerprint density at radius 2 is 1.88 bits per heavy atom. The highest BCUT2D eigenvalue weighted by Gasteiger charge is 2.03. The molecule has 2 N–H and O–H groups in total.